The van der Waals surface area contributed by atoms with Crippen molar-refractivity contribution in [2.75, 3.05) is 0 Å². The zero-order chi connectivity index (χ0) is 11.5. The van der Waals surface area contributed by atoms with Crippen molar-refractivity contribution in [2.45, 2.75) is 6.92 Å². The number of nitrogens with zero attached hydrogens (tertiary/aromatic N) is 1. The first-order valence-corrected chi connectivity index (χ1v) is 4.82. The first kappa shape index (κ1) is 16.5. The molecule has 18 heavy (non-hydrogen) atoms. The summed E-state index contributed by atoms with van der Waals surface area (Å²) >= 11 is 0. The molecule has 0 atom stereocenters. The molecule has 0 bridgehead atoms. The Kier molecular flexibility index (Phi) is 6.49. The van der Waals surface area contributed by atoms with Gasteiger partial charge in [-0.05, 0) is 19.1 Å². The van der Waals surface area contributed by atoms with E-state index in [9.17, 15) is 9.18 Å². The quantitative estimate of drug-likeness (QED) is 0.522. The molecule has 0 unspecified atom stereocenters. The first-order valence-electron chi connectivity index (χ1n) is 4.82. The molecule has 0 spiro atoms. The third-order valence-electron chi connectivity index (χ3n) is 2.29. The Balaban J connectivity index is 0.00000144. The van der Waals surface area contributed by atoms with Crippen molar-refractivity contribution >= 4 is 6.29 Å². The van der Waals surface area contributed by atoms with Crippen LogP contribution in [-0.2, 0) is 4.79 Å². The van der Waals surface area contributed by atoms with E-state index in [2.05, 4.69) is 4.98 Å². The van der Waals surface area contributed by atoms with Crippen molar-refractivity contribution in [2.24, 2.45) is 0 Å². The van der Waals surface area contributed by atoms with Crippen molar-refractivity contribution in [3.8, 4) is 11.1 Å². The smallest absolute Gasteiger partial charge is 0.870 e. The largest absolute Gasteiger partial charge is 1.00 e. The number of aromatic nitrogens is 1. The fourth-order valence-electron chi connectivity index (χ4n) is 1.50. The number of hydrogen-bond acceptors (Lipinski definition) is 3. The van der Waals surface area contributed by atoms with Crippen LogP contribution in [0.2, 0.25) is 0 Å². The molecule has 1 aromatic heterocycles. The molecule has 5 heteroatoms. The van der Waals surface area contributed by atoms with E-state index in [1.807, 2.05) is 0 Å². The molecule has 2 rings (SSSR count). The Labute approximate surface area is 117 Å². The predicted octanol–water partition coefficient (Wildman–Crippen LogP) is -0.519. The van der Waals surface area contributed by atoms with E-state index in [0.29, 0.717) is 5.56 Å². The van der Waals surface area contributed by atoms with Crippen LogP contribution in [0.3, 0.4) is 0 Å². The minimum absolute atomic E-state index is 0. The van der Waals surface area contributed by atoms with Gasteiger partial charge in [0.1, 0.15) is 5.82 Å². The second-order valence-corrected chi connectivity index (χ2v) is 3.46. The van der Waals surface area contributed by atoms with Crippen molar-refractivity contribution in [3.63, 3.8) is 0 Å². The Morgan fingerprint density at radius 3 is 2.28 bits per heavy atom. The number of carbonyl (C=O) groups excluding carboxylic acids is 1. The van der Waals surface area contributed by atoms with Gasteiger partial charge < -0.3 is 10.3 Å². The van der Waals surface area contributed by atoms with Crippen LogP contribution in [0.25, 0.3) is 11.1 Å². The van der Waals surface area contributed by atoms with Crippen LogP contribution >= 0.6 is 0 Å². The number of rotatable bonds is 2. The molecule has 0 amide bonds. The summed E-state index contributed by atoms with van der Waals surface area (Å²) in [5, 5.41) is 0. The predicted molar refractivity (Wildman–Crippen MR) is 61.1 cm³/mol. The summed E-state index contributed by atoms with van der Waals surface area (Å²) in [5.41, 5.74) is 2.43. The van der Waals surface area contributed by atoms with E-state index in [1.165, 1.54) is 12.1 Å². The van der Waals surface area contributed by atoms with Gasteiger partial charge in [-0.15, -0.1) is 11.6 Å². The van der Waals surface area contributed by atoms with Crippen LogP contribution in [-0.4, -0.2) is 16.7 Å². The summed E-state index contributed by atoms with van der Waals surface area (Å²) < 4.78 is 12.8. The first-order chi connectivity index (χ1) is 7.70. The second kappa shape index (κ2) is 7.07. The number of halogens is 1. The number of aryl methyl sites for hydroxylation is 1. The Hall–Kier alpha value is -1.47. The summed E-state index contributed by atoms with van der Waals surface area (Å²) in [4.78, 5) is 14.8. The molecule has 0 radical (unpaired) electrons. The minimum Gasteiger partial charge on any atom is -0.870 e. The van der Waals surface area contributed by atoms with Crippen molar-refractivity contribution in [1.29, 1.82) is 0 Å². The van der Waals surface area contributed by atoms with Crippen molar-refractivity contribution in [1.82, 2.24) is 4.98 Å². The van der Waals surface area contributed by atoms with Crippen molar-refractivity contribution < 1.29 is 33.5 Å². The van der Waals surface area contributed by atoms with Gasteiger partial charge in [0.05, 0.1) is 0 Å². The summed E-state index contributed by atoms with van der Waals surface area (Å²) in [6.45, 7) is 1.80. The Morgan fingerprint density at radius 1 is 1.11 bits per heavy atom. The average molecular weight is 238 g/mol. The third kappa shape index (κ3) is 3.51. The van der Waals surface area contributed by atoms with Crippen LogP contribution in [0.1, 0.15) is 11.4 Å². The molecular formula is C13H10FLiNO2-. The molecule has 2 aromatic rings. The summed E-state index contributed by atoms with van der Waals surface area (Å²) in [7, 11) is 0. The molecule has 88 valence electrons. The maximum Gasteiger partial charge on any atom is 1.00 e. The van der Waals surface area contributed by atoms with E-state index < -0.39 is 0 Å². The van der Waals surface area contributed by atoms with Gasteiger partial charge in [0.2, 0.25) is 0 Å². The molecule has 0 saturated carbocycles. The summed E-state index contributed by atoms with van der Waals surface area (Å²) in [6.07, 6.45) is 1.79. The second-order valence-electron chi connectivity index (χ2n) is 3.46. The standard InChI is InChI=1S/C13H9FNO.Li.H2O/c1-9-2-7-12(13(8-16)15-9)10-3-5-11(14)6-4-10;;/h2-7H,1H3;;1H2/q-1;+1;/p-1. The van der Waals surface area contributed by atoms with Gasteiger partial charge in [0.25, 0.3) is 0 Å². The number of hydrogen-bond donors (Lipinski definition) is 0. The number of benzene rings is 1. The van der Waals surface area contributed by atoms with Crippen LogP contribution < -0.4 is 18.9 Å². The van der Waals surface area contributed by atoms with Crippen LogP contribution in [0, 0.1) is 12.7 Å². The molecule has 0 aliphatic carbocycles. The van der Waals surface area contributed by atoms with Gasteiger partial charge in [0.15, 0.2) is 0 Å². The monoisotopic (exact) mass is 238 g/mol. The summed E-state index contributed by atoms with van der Waals surface area (Å²) in [5.74, 6) is -0.305. The fourth-order valence-corrected chi connectivity index (χ4v) is 1.50. The zero-order valence-corrected chi connectivity index (χ0v) is 10.1. The van der Waals surface area contributed by atoms with E-state index in [1.54, 1.807) is 37.5 Å². The minimum atomic E-state index is -0.305. The molecule has 1 N–H and O–H groups in total. The molecule has 1 heterocycles. The number of pyridine rings is 1. The van der Waals surface area contributed by atoms with E-state index in [0.717, 1.165) is 11.3 Å². The van der Waals surface area contributed by atoms with Gasteiger partial charge in [-0.1, -0.05) is 29.5 Å². The average Bonchev–Trinajstić information content (AvgIpc) is 2.30. The SMILES string of the molecule is Cc1ccc(-c2ccc(F)cc2)c([C-]=O)n1.[Li+].[OH-]. The van der Waals surface area contributed by atoms with Crippen LogP contribution in [0.4, 0.5) is 4.39 Å². The van der Waals surface area contributed by atoms with Gasteiger partial charge in [-0.25, -0.2) is 4.39 Å². The topological polar surface area (TPSA) is 60.0 Å². The normalized spacial score (nSPS) is 9.00. The molecule has 3 nitrogen and oxygen atoms in total. The fraction of sp³-hybridized carbons (Fsp3) is 0.0769. The zero-order valence-electron chi connectivity index (χ0n) is 10.1. The van der Waals surface area contributed by atoms with E-state index in [-0.39, 0.29) is 35.8 Å². The molecule has 0 aliphatic heterocycles. The molecule has 1 aromatic carbocycles. The maximum atomic E-state index is 12.8. The van der Waals surface area contributed by atoms with Gasteiger partial charge in [-0.2, -0.15) is 0 Å². The molecular weight excluding hydrogens is 228 g/mol. The van der Waals surface area contributed by atoms with Crippen LogP contribution in [0.15, 0.2) is 36.4 Å². The van der Waals surface area contributed by atoms with Crippen LogP contribution in [0.5, 0.6) is 0 Å². The van der Waals surface area contributed by atoms with Crippen molar-refractivity contribution in [3.05, 3.63) is 53.6 Å². The molecule has 0 fully saturated rings. The Bertz CT molecular complexity index is 529. The molecule has 0 saturated heterocycles. The van der Waals surface area contributed by atoms with Gasteiger partial charge >= 0.3 is 18.9 Å². The maximum absolute atomic E-state index is 12.8. The van der Waals surface area contributed by atoms with Gasteiger partial charge in [0, 0.05) is 12.0 Å². The van der Waals surface area contributed by atoms with E-state index in [4.69, 9.17) is 0 Å². The Morgan fingerprint density at radius 2 is 1.72 bits per heavy atom. The summed E-state index contributed by atoms with van der Waals surface area (Å²) in [6, 6.07) is 9.52. The van der Waals surface area contributed by atoms with Gasteiger partial charge in [-0.3, -0.25) is 4.98 Å². The molecule has 0 aliphatic rings. The van der Waals surface area contributed by atoms with E-state index >= 15 is 0 Å². The third-order valence-corrected chi connectivity index (χ3v) is 2.29.